The third kappa shape index (κ3) is 1.60. The number of nitrogens with one attached hydrogen (secondary N) is 1. The molecule has 3 rings (SSSR count). The van der Waals surface area contributed by atoms with E-state index in [0.717, 1.165) is 11.0 Å². The average molecular weight is 240 g/mol. The van der Waals surface area contributed by atoms with Gasteiger partial charge in [0.1, 0.15) is 11.8 Å². The number of hydrogen-bond donors (Lipinski definition) is 1. The first-order valence-corrected chi connectivity index (χ1v) is 5.28. The van der Waals surface area contributed by atoms with Crippen LogP contribution in [-0.2, 0) is 0 Å². The predicted molar refractivity (Wildman–Crippen MR) is 66.0 cm³/mol. The first kappa shape index (κ1) is 10.4. The SMILES string of the molecule is O=[N+]([O-])c1ncccc1-c1cnc2[nH]ccc2c1. The van der Waals surface area contributed by atoms with Crippen LogP contribution in [0.2, 0.25) is 0 Å². The average Bonchev–Trinajstić information content (AvgIpc) is 2.85. The van der Waals surface area contributed by atoms with Gasteiger partial charge in [-0.2, -0.15) is 0 Å². The molecule has 0 saturated heterocycles. The Morgan fingerprint density at radius 3 is 3.00 bits per heavy atom. The molecule has 88 valence electrons. The summed E-state index contributed by atoms with van der Waals surface area (Å²) in [5.41, 5.74) is 1.91. The Bertz CT molecular complexity index is 736. The second-order valence-corrected chi connectivity index (χ2v) is 3.77. The Labute approximate surface area is 101 Å². The first-order valence-electron chi connectivity index (χ1n) is 5.28. The van der Waals surface area contributed by atoms with E-state index >= 15 is 0 Å². The lowest BCUT2D eigenvalue weighted by atomic mass is 10.1. The van der Waals surface area contributed by atoms with Crippen LogP contribution >= 0.6 is 0 Å². The van der Waals surface area contributed by atoms with E-state index in [-0.39, 0.29) is 5.82 Å². The third-order valence-corrected chi connectivity index (χ3v) is 2.67. The number of pyridine rings is 2. The summed E-state index contributed by atoms with van der Waals surface area (Å²) in [5, 5.41) is 11.8. The van der Waals surface area contributed by atoms with Crippen LogP contribution in [-0.4, -0.2) is 19.9 Å². The second-order valence-electron chi connectivity index (χ2n) is 3.77. The normalized spacial score (nSPS) is 10.7. The summed E-state index contributed by atoms with van der Waals surface area (Å²) in [6.07, 6.45) is 4.78. The fourth-order valence-electron chi connectivity index (χ4n) is 1.85. The molecule has 0 aliphatic heterocycles. The van der Waals surface area contributed by atoms with E-state index < -0.39 is 4.92 Å². The molecule has 0 radical (unpaired) electrons. The minimum Gasteiger partial charge on any atom is -0.358 e. The molecule has 0 aliphatic rings. The van der Waals surface area contributed by atoms with Crippen molar-refractivity contribution >= 4 is 16.9 Å². The third-order valence-electron chi connectivity index (χ3n) is 2.67. The molecule has 3 aromatic heterocycles. The van der Waals surface area contributed by atoms with Crippen molar-refractivity contribution in [2.24, 2.45) is 0 Å². The number of fused-ring (bicyclic) bond motifs is 1. The van der Waals surface area contributed by atoms with Gasteiger partial charge in [-0.1, -0.05) is 0 Å². The topological polar surface area (TPSA) is 84.7 Å². The Morgan fingerprint density at radius 2 is 2.17 bits per heavy atom. The number of H-pyrrole nitrogens is 1. The van der Waals surface area contributed by atoms with Crippen molar-refractivity contribution in [2.45, 2.75) is 0 Å². The minimum atomic E-state index is -0.489. The molecule has 6 nitrogen and oxygen atoms in total. The molecule has 0 spiro atoms. The highest BCUT2D eigenvalue weighted by molar-refractivity contribution is 5.83. The molecule has 3 heterocycles. The van der Waals surface area contributed by atoms with E-state index in [9.17, 15) is 10.1 Å². The van der Waals surface area contributed by atoms with Gasteiger partial charge in [-0.25, -0.2) is 4.98 Å². The van der Waals surface area contributed by atoms with Crippen LogP contribution in [0.5, 0.6) is 0 Å². The molecule has 0 fully saturated rings. The van der Waals surface area contributed by atoms with Gasteiger partial charge in [0.2, 0.25) is 0 Å². The zero-order valence-corrected chi connectivity index (χ0v) is 9.20. The standard InChI is InChI=1S/C12H8N4O2/c17-16(18)12-10(2-1-4-14-12)9-6-8-3-5-13-11(8)15-7-9/h1-7H,(H,13,15). The maximum absolute atomic E-state index is 10.9. The van der Waals surface area contributed by atoms with E-state index in [4.69, 9.17) is 0 Å². The zero-order valence-electron chi connectivity index (χ0n) is 9.20. The molecular formula is C12H8N4O2. The maximum Gasteiger partial charge on any atom is 0.371 e. The molecule has 0 amide bonds. The predicted octanol–water partition coefficient (Wildman–Crippen LogP) is 2.53. The summed E-state index contributed by atoms with van der Waals surface area (Å²) in [5.74, 6) is -0.158. The van der Waals surface area contributed by atoms with E-state index in [0.29, 0.717) is 11.1 Å². The number of rotatable bonds is 2. The Kier molecular flexibility index (Phi) is 2.26. The number of hydrogen-bond acceptors (Lipinski definition) is 4. The monoisotopic (exact) mass is 240 g/mol. The van der Waals surface area contributed by atoms with Crippen LogP contribution in [0.15, 0.2) is 42.9 Å². The van der Waals surface area contributed by atoms with Crippen LogP contribution in [0.4, 0.5) is 5.82 Å². The lowest BCUT2D eigenvalue weighted by Crippen LogP contribution is -1.95. The lowest BCUT2D eigenvalue weighted by Gasteiger charge is -2.02. The van der Waals surface area contributed by atoms with Crippen molar-refractivity contribution in [3.05, 3.63) is 53.0 Å². The van der Waals surface area contributed by atoms with Crippen LogP contribution in [0.3, 0.4) is 0 Å². The van der Waals surface area contributed by atoms with Crippen molar-refractivity contribution in [2.75, 3.05) is 0 Å². The molecule has 0 aliphatic carbocycles. The molecular weight excluding hydrogens is 232 g/mol. The van der Waals surface area contributed by atoms with Gasteiger partial charge in [0, 0.05) is 23.3 Å². The molecule has 0 saturated carbocycles. The van der Waals surface area contributed by atoms with Gasteiger partial charge in [0.25, 0.3) is 0 Å². The minimum absolute atomic E-state index is 0.158. The molecule has 3 aromatic rings. The number of aromatic nitrogens is 3. The van der Waals surface area contributed by atoms with E-state index in [1.165, 1.54) is 6.20 Å². The van der Waals surface area contributed by atoms with Gasteiger partial charge in [-0.3, -0.25) is 0 Å². The Morgan fingerprint density at radius 1 is 1.28 bits per heavy atom. The van der Waals surface area contributed by atoms with Gasteiger partial charge < -0.3 is 15.1 Å². The second kappa shape index (κ2) is 3.92. The highest BCUT2D eigenvalue weighted by Crippen LogP contribution is 2.28. The summed E-state index contributed by atoms with van der Waals surface area (Å²) in [4.78, 5) is 21.4. The highest BCUT2D eigenvalue weighted by atomic mass is 16.6. The summed E-state index contributed by atoms with van der Waals surface area (Å²) in [6.45, 7) is 0. The van der Waals surface area contributed by atoms with Crippen LogP contribution in [0, 0.1) is 10.1 Å². The summed E-state index contributed by atoms with van der Waals surface area (Å²) >= 11 is 0. The Hall–Kier alpha value is -2.76. The molecule has 1 N–H and O–H groups in total. The van der Waals surface area contributed by atoms with Crippen molar-refractivity contribution in [1.82, 2.24) is 15.0 Å². The largest absolute Gasteiger partial charge is 0.371 e. The van der Waals surface area contributed by atoms with Gasteiger partial charge in [-0.15, -0.1) is 0 Å². The number of nitro groups is 1. The zero-order chi connectivity index (χ0) is 12.5. The van der Waals surface area contributed by atoms with E-state index in [2.05, 4.69) is 15.0 Å². The molecule has 0 aromatic carbocycles. The molecule has 0 unspecified atom stereocenters. The van der Waals surface area contributed by atoms with Crippen molar-refractivity contribution in [3.63, 3.8) is 0 Å². The smallest absolute Gasteiger partial charge is 0.358 e. The van der Waals surface area contributed by atoms with Crippen LogP contribution < -0.4 is 0 Å². The summed E-state index contributed by atoms with van der Waals surface area (Å²) in [6, 6.07) is 7.06. The van der Waals surface area contributed by atoms with Gasteiger partial charge >= 0.3 is 5.82 Å². The van der Waals surface area contributed by atoms with Gasteiger partial charge in [-0.05, 0) is 34.2 Å². The highest BCUT2D eigenvalue weighted by Gasteiger charge is 2.16. The summed E-state index contributed by atoms with van der Waals surface area (Å²) < 4.78 is 0. The quantitative estimate of drug-likeness (QED) is 0.551. The number of nitrogens with zero attached hydrogens (tertiary/aromatic N) is 3. The van der Waals surface area contributed by atoms with Gasteiger partial charge in [0.15, 0.2) is 0 Å². The number of aromatic amines is 1. The van der Waals surface area contributed by atoms with Crippen molar-refractivity contribution < 1.29 is 4.92 Å². The van der Waals surface area contributed by atoms with Crippen molar-refractivity contribution in [1.29, 1.82) is 0 Å². The van der Waals surface area contributed by atoms with Crippen molar-refractivity contribution in [3.8, 4) is 11.1 Å². The molecule has 0 atom stereocenters. The van der Waals surface area contributed by atoms with Crippen LogP contribution in [0.1, 0.15) is 0 Å². The Balaban J connectivity index is 2.22. The van der Waals surface area contributed by atoms with E-state index in [1.54, 1.807) is 24.5 Å². The summed E-state index contributed by atoms with van der Waals surface area (Å²) in [7, 11) is 0. The molecule has 18 heavy (non-hydrogen) atoms. The molecule has 6 heteroatoms. The first-order chi connectivity index (χ1) is 8.75. The van der Waals surface area contributed by atoms with E-state index in [1.807, 2.05) is 12.1 Å². The molecule has 0 bridgehead atoms. The fraction of sp³-hybridized carbons (Fsp3) is 0. The van der Waals surface area contributed by atoms with Gasteiger partial charge in [0.05, 0.1) is 5.56 Å². The van der Waals surface area contributed by atoms with Crippen LogP contribution in [0.25, 0.3) is 22.2 Å². The lowest BCUT2D eigenvalue weighted by molar-refractivity contribution is -0.388. The maximum atomic E-state index is 10.9. The fourth-order valence-corrected chi connectivity index (χ4v) is 1.85.